The zero-order chi connectivity index (χ0) is 13.5. The van der Waals surface area contributed by atoms with Crippen molar-refractivity contribution in [2.45, 2.75) is 18.6 Å². The number of alkyl halides is 3. The minimum absolute atomic E-state index is 0.233. The molecule has 18 heavy (non-hydrogen) atoms. The molecule has 0 radical (unpaired) electrons. The molecule has 98 valence electrons. The van der Waals surface area contributed by atoms with E-state index in [0.29, 0.717) is 9.78 Å². The fraction of sp³-hybridized carbons (Fsp3) is 0.400. The van der Waals surface area contributed by atoms with Crippen molar-refractivity contribution in [1.82, 2.24) is 4.90 Å². The SMILES string of the molecule is O=C(O)C1c2ccsc2CCN1C(=O)C(F)(F)F. The van der Waals surface area contributed by atoms with E-state index in [-0.39, 0.29) is 18.5 Å². The summed E-state index contributed by atoms with van der Waals surface area (Å²) in [5.74, 6) is -3.56. The molecule has 8 heteroatoms. The van der Waals surface area contributed by atoms with Gasteiger partial charge in [0.25, 0.3) is 0 Å². The molecular weight excluding hydrogens is 271 g/mol. The summed E-state index contributed by atoms with van der Waals surface area (Å²) in [6.07, 6.45) is -4.81. The van der Waals surface area contributed by atoms with Crippen molar-refractivity contribution in [3.05, 3.63) is 21.9 Å². The molecule has 1 aliphatic rings. The molecule has 0 bridgehead atoms. The second-order valence-electron chi connectivity index (χ2n) is 3.79. The number of carbonyl (C=O) groups is 2. The Bertz CT molecular complexity index is 497. The Hall–Kier alpha value is -1.57. The number of nitrogens with zero attached hydrogens (tertiary/aromatic N) is 1. The van der Waals surface area contributed by atoms with Gasteiger partial charge in [-0.15, -0.1) is 11.3 Å². The molecule has 0 saturated heterocycles. The van der Waals surface area contributed by atoms with Crippen LogP contribution in [0.4, 0.5) is 13.2 Å². The van der Waals surface area contributed by atoms with Gasteiger partial charge in [0.15, 0.2) is 6.04 Å². The minimum atomic E-state index is -5.05. The maximum absolute atomic E-state index is 12.4. The fourth-order valence-electron chi connectivity index (χ4n) is 1.96. The largest absolute Gasteiger partial charge is 0.479 e. The summed E-state index contributed by atoms with van der Waals surface area (Å²) in [5.41, 5.74) is 0.274. The number of carboxylic acid groups (broad SMARTS) is 1. The van der Waals surface area contributed by atoms with Crippen LogP contribution in [0.25, 0.3) is 0 Å². The van der Waals surface area contributed by atoms with Crippen LogP contribution < -0.4 is 0 Å². The molecule has 0 saturated carbocycles. The molecule has 1 atom stereocenters. The maximum atomic E-state index is 12.4. The van der Waals surface area contributed by atoms with Crippen molar-refractivity contribution >= 4 is 23.2 Å². The van der Waals surface area contributed by atoms with E-state index in [1.165, 1.54) is 17.4 Å². The Morgan fingerprint density at radius 1 is 1.44 bits per heavy atom. The third kappa shape index (κ3) is 2.07. The molecule has 0 fully saturated rings. The van der Waals surface area contributed by atoms with Gasteiger partial charge >= 0.3 is 18.1 Å². The van der Waals surface area contributed by atoms with E-state index in [9.17, 15) is 22.8 Å². The van der Waals surface area contributed by atoms with Gasteiger partial charge in [-0.3, -0.25) is 4.79 Å². The van der Waals surface area contributed by atoms with Crippen LogP contribution in [0.1, 0.15) is 16.5 Å². The summed E-state index contributed by atoms with van der Waals surface area (Å²) in [6, 6.07) is -0.0941. The monoisotopic (exact) mass is 279 g/mol. The van der Waals surface area contributed by atoms with Crippen molar-refractivity contribution in [2.75, 3.05) is 6.54 Å². The average Bonchev–Trinajstić information content (AvgIpc) is 2.72. The quantitative estimate of drug-likeness (QED) is 0.853. The normalized spacial score (nSPS) is 19.5. The summed E-state index contributed by atoms with van der Waals surface area (Å²) in [6.45, 7) is -0.233. The molecule has 0 aromatic carbocycles. The zero-order valence-corrected chi connectivity index (χ0v) is 9.72. The van der Waals surface area contributed by atoms with E-state index in [0.717, 1.165) is 0 Å². The number of carboxylic acids is 1. The summed E-state index contributed by atoms with van der Waals surface area (Å²) in [5, 5.41) is 10.6. The highest BCUT2D eigenvalue weighted by atomic mass is 32.1. The van der Waals surface area contributed by atoms with Gasteiger partial charge in [-0.2, -0.15) is 13.2 Å². The highest BCUT2D eigenvalue weighted by Crippen LogP contribution is 2.35. The standard InChI is InChI=1S/C10H8F3NO3S/c11-10(12,13)9(17)14-3-1-6-5(2-4-18-6)7(14)8(15)16/h2,4,7H,1,3H2,(H,15,16). The van der Waals surface area contributed by atoms with Crippen molar-refractivity contribution in [3.8, 4) is 0 Å². The third-order valence-corrected chi connectivity index (χ3v) is 3.70. The number of hydrogen-bond donors (Lipinski definition) is 1. The van der Waals surface area contributed by atoms with Crippen LogP contribution in [0.3, 0.4) is 0 Å². The summed E-state index contributed by atoms with van der Waals surface area (Å²) < 4.78 is 37.2. The van der Waals surface area contributed by atoms with Gasteiger partial charge in [0.2, 0.25) is 0 Å². The third-order valence-electron chi connectivity index (χ3n) is 2.70. The smallest absolute Gasteiger partial charge is 0.471 e. The Balaban J connectivity index is 2.39. The van der Waals surface area contributed by atoms with E-state index in [1.54, 1.807) is 5.38 Å². The molecular formula is C10H8F3NO3S. The van der Waals surface area contributed by atoms with Crippen LogP contribution in [-0.4, -0.2) is 34.6 Å². The number of amides is 1. The number of halogens is 3. The predicted molar refractivity (Wildman–Crippen MR) is 56.2 cm³/mol. The molecule has 2 rings (SSSR count). The number of hydrogen-bond acceptors (Lipinski definition) is 3. The lowest BCUT2D eigenvalue weighted by atomic mass is 10.00. The van der Waals surface area contributed by atoms with Crippen molar-refractivity contribution in [1.29, 1.82) is 0 Å². The molecule has 1 aromatic heterocycles. The van der Waals surface area contributed by atoms with Crippen LogP contribution in [0.15, 0.2) is 11.4 Å². The summed E-state index contributed by atoms with van der Waals surface area (Å²) >= 11 is 1.29. The summed E-state index contributed by atoms with van der Waals surface area (Å²) in [7, 11) is 0. The highest BCUT2D eigenvalue weighted by molar-refractivity contribution is 7.10. The van der Waals surface area contributed by atoms with E-state index >= 15 is 0 Å². The lowest BCUT2D eigenvalue weighted by Crippen LogP contribution is -2.48. The predicted octanol–water partition coefficient (Wildman–Crippen LogP) is 1.82. The summed E-state index contributed by atoms with van der Waals surface area (Å²) in [4.78, 5) is 23.4. The Labute approximate surface area is 104 Å². The molecule has 1 unspecified atom stereocenters. The first-order valence-electron chi connectivity index (χ1n) is 4.99. The van der Waals surface area contributed by atoms with Gasteiger partial charge in [-0.25, -0.2) is 4.79 Å². The zero-order valence-electron chi connectivity index (χ0n) is 8.90. The van der Waals surface area contributed by atoms with Gasteiger partial charge < -0.3 is 10.0 Å². The first kappa shape index (κ1) is 12.9. The Morgan fingerprint density at radius 3 is 2.67 bits per heavy atom. The van der Waals surface area contributed by atoms with Gasteiger partial charge in [0, 0.05) is 11.4 Å². The van der Waals surface area contributed by atoms with Crippen LogP contribution in [-0.2, 0) is 16.0 Å². The molecule has 1 aliphatic heterocycles. The first-order valence-corrected chi connectivity index (χ1v) is 5.87. The van der Waals surface area contributed by atoms with E-state index in [2.05, 4.69) is 0 Å². The Morgan fingerprint density at radius 2 is 2.11 bits per heavy atom. The van der Waals surface area contributed by atoms with Crippen molar-refractivity contribution in [2.24, 2.45) is 0 Å². The van der Waals surface area contributed by atoms with E-state index in [1.807, 2.05) is 0 Å². The number of aliphatic carboxylic acids is 1. The fourth-order valence-corrected chi connectivity index (χ4v) is 2.87. The number of rotatable bonds is 1. The molecule has 4 nitrogen and oxygen atoms in total. The van der Waals surface area contributed by atoms with Crippen molar-refractivity contribution < 1.29 is 27.9 Å². The van der Waals surface area contributed by atoms with Crippen LogP contribution >= 0.6 is 11.3 Å². The van der Waals surface area contributed by atoms with E-state index < -0.39 is 24.1 Å². The number of thiophene rings is 1. The molecule has 0 spiro atoms. The van der Waals surface area contributed by atoms with Gasteiger partial charge in [0.05, 0.1) is 0 Å². The average molecular weight is 279 g/mol. The minimum Gasteiger partial charge on any atom is -0.479 e. The lowest BCUT2D eigenvalue weighted by molar-refractivity contribution is -0.190. The highest BCUT2D eigenvalue weighted by Gasteiger charge is 2.48. The van der Waals surface area contributed by atoms with Crippen molar-refractivity contribution in [3.63, 3.8) is 0 Å². The second kappa shape index (κ2) is 4.27. The molecule has 1 N–H and O–H groups in total. The number of fused-ring (bicyclic) bond motifs is 1. The molecule has 1 amide bonds. The number of carbonyl (C=O) groups excluding carboxylic acids is 1. The first-order chi connectivity index (χ1) is 8.32. The van der Waals surface area contributed by atoms with Crippen LogP contribution in [0.2, 0.25) is 0 Å². The molecule has 1 aromatic rings. The lowest BCUT2D eigenvalue weighted by Gasteiger charge is -2.33. The Kier molecular flexibility index (Phi) is 3.05. The van der Waals surface area contributed by atoms with E-state index in [4.69, 9.17) is 5.11 Å². The topological polar surface area (TPSA) is 57.6 Å². The molecule has 2 heterocycles. The van der Waals surface area contributed by atoms with Gasteiger partial charge in [0.1, 0.15) is 0 Å². The second-order valence-corrected chi connectivity index (χ2v) is 4.79. The van der Waals surface area contributed by atoms with Crippen LogP contribution in [0, 0.1) is 0 Å². The molecule has 0 aliphatic carbocycles. The van der Waals surface area contributed by atoms with Gasteiger partial charge in [-0.05, 0) is 23.4 Å². The van der Waals surface area contributed by atoms with Gasteiger partial charge in [-0.1, -0.05) is 0 Å². The van der Waals surface area contributed by atoms with Crippen LogP contribution in [0.5, 0.6) is 0 Å². The maximum Gasteiger partial charge on any atom is 0.471 e.